The predicted octanol–water partition coefficient (Wildman–Crippen LogP) is 6.32. The number of sulfone groups is 1. The van der Waals surface area contributed by atoms with Crippen LogP contribution in [0.15, 0.2) is 53.4 Å². The van der Waals surface area contributed by atoms with E-state index >= 15 is 0 Å². The molecule has 2 aliphatic rings. The second-order valence-corrected chi connectivity index (χ2v) is 11.9. The number of hydrogen-bond acceptors (Lipinski definition) is 4. The lowest BCUT2D eigenvalue weighted by molar-refractivity contribution is -0.0557. The summed E-state index contributed by atoms with van der Waals surface area (Å²) in [6.07, 6.45) is 13.2. The van der Waals surface area contributed by atoms with Gasteiger partial charge < -0.3 is 4.74 Å². The van der Waals surface area contributed by atoms with E-state index in [4.69, 9.17) is 4.74 Å². The van der Waals surface area contributed by atoms with Crippen molar-refractivity contribution >= 4 is 9.84 Å². The predicted molar refractivity (Wildman–Crippen MR) is 129 cm³/mol. The third-order valence-corrected chi connectivity index (χ3v) is 8.60. The van der Waals surface area contributed by atoms with Crippen molar-refractivity contribution in [3.05, 3.63) is 65.5 Å². The van der Waals surface area contributed by atoms with Gasteiger partial charge in [0.2, 0.25) is 0 Å². The van der Waals surface area contributed by atoms with Crippen molar-refractivity contribution in [2.45, 2.75) is 88.0 Å². The van der Waals surface area contributed by atoms with E-state index in [2.05, 4.69) is 5.32 Å². The number of benzene rings is 2. The van der Waals surface area contributed by atoms with Crippen LogP contribution in [0.3, 0.4) is 0 Å². The van der Waals surface area contributed by atoms with Crippen molar-refractivity contribution in [2.24, 2.45) is 5.41 Å². The van der Waals surface area contributed by atoms with Gasteiger partial charge in [-0.2, -0.15) is 0 Å². The molecule has 1 heterocycles. The minimum absolute atomic E-state index is 0.0899. The van der Waals surface area contributed by atoms with Gasteiger partial charge in [0.05, 0.1) is 11.5 Å². The monoisotopic (exact) mass is 473 g/mol. The quantitative estimate of drug-likeness (QED) is 0.552. The van der Waals surface area contributed by atoms with Gasteiger partial charge in [-0.25, -0.2) is 12.8 Å². The van der Waals surface area contributed by atoms with Crippen LogP contribution in [0.2, 0.25) is 0 Å². The molecule has 2 atom stereocenters. The first-order valence-electron chi connectivity index (χ1n) is 12.3. The van der Waals surface area contributed by atoms with Crippen LogP contribution in [0.25, 0.3) is 0 Å². The number of piperidine rings is 1. The molecule has 6 heteroatoms. The Bertz CT molecular complexity index is 995. The fraction of sp³-hybridized carbons (Fsp3) is 0.556. The zero-order valence-electron chi connectivity index (χ0n) is 19.6. The fourth-order valence-electron chi connectivity index (χ4n) is 5.60. The zero-order chi connectivity index (χ0) is 23.3. The first kappa shape index (κ1) is 24.4. The van der Waals surface area contributed by atoms with E-state index in [1.54, 1.807) is 24.3 Å². The first-order valence-corrected chi connectivity index (χ1v) is 14.2. The van der Waals surface area contributed by atoms with Gasteiger partial charge >= 0.3 is 0 Å². The Morgan fingerprint density at radius 2 is 1.52 bits per heavy atom. The lowest BCUT2D eigenvalue weighted by atomic mass is 9.65. The molecular weight excluding hydrogens is 437 g/mol. The number of hydrogen-bond donors (Lipinski definition) is 1. The first-order chi connectivity index (χ1) is 15.9. The molecule has 33 heavy (non-hydrogen) atoms. The summed E-state index contributed by atoms with van der Waals surface area (Å²) in [7, 11) is -3.22. The molecule has 1 spiro atoms. The number of nitrogens with one attached hydrogen (secondary N) is 1. The molecule has 1 aliphatic heterocycles. The van der Waals surface area contributed by atoms with E-state index in [0.717, 1.165) is 24.0 Å². The van der Waals surface area contributed by atoms with Crippen molar-refractivity contribution in [1.29, 1.82) is 0 Å². The van der Waals surface area contributed by atoms with Crippen LogP contribution in [-0.4, -0.2) is 20.9 Å². The van der Waals surface area contributed by atoms with E-state index in [0.29, 0.717) is 11.5 Å². The maximum Gasteiger partial charge on any atom is 0.175 e. The van der Waals surface area contributed by atoms with Crippen molar-refractivity contribution in [1.82, 2.24) is 5.32 Å². The zero-order valence-corrected chi connectivity index (χ0v) is 20.4. The standard InChI is InChI=1S/C27H36FNO3S/c1-33(30,31)24-14-10-22(11-15-24)26-27(17-6-4-2-3-5-7-18-27)19-16-25(29-26)32-20-21-8-12-23(28)13-9-21/h8-15,25-26,29H,2-7,16-20H2,1H3. The molecule has 2 aromatic carbocycles. The van der Waals surface area contributed by atoms with Crippen molar-refractivity contribution in [3.63, 3.8) is 0 Å². The van der Waals surface area contributed by atoms with Gasteiger partial charge in [0.1, 0.15) is 12.0 Å². The van der Waals surface area contributed by atoms with E-state index in [1.807, 2.05) is 12.1 Å². The minimum atomic E-state index is -3.22. The normalized spacial score (nSPS) is 24.1. The Balaban J connectivity index is 1.56. The highest BCUT2D eigenvalue weighted by molar-refractivity contribution is 7.90. The summed E-state index contributed by atoms with van der Waals surface area (Å²) in [5.41, 5.74) is 2.25. The Morgan fingerprint density at radius 1 is 0.909 bits per heavy atom. The van der Waals surface area contributed by atoms with Crippen molar-refractivity contribution in [3.8, 4) is 0 Å². The summed E-state index contributed by atoms with van der Waals surface area (Å²) >= 11 is 0. The number of rotatable bonds is 5. The largest absolute Gasteiger partial charge is 0.359 e. The lowest BCUT2D eigenvalue weighted by Gasteiger charge is -2.48. The molecule has 1 aliphatic carbocycles. The maximum atomic E-state index is 13.2. The molecule has 0 amide bonds. The van der Waals surface area contributed by atoms with Crippen LogP contribution in [0.5, 0.6) is 0 Å². The van der Waals surface area contributed by atoms with E-state index in [-0.39, 0.29) is 23.5 Å². The fourth-order valence-corrected chi connectivity index (χ4v) is 6.23. The number of halogens is 1. The molecule has 1 saturated carbocycles. The van der Waals surface area contributed by atoms with Crippen LogP contribution in [0.1, 0.15) is 81.4 Å². The molecule has 2 aromatic rings. The molecule has 4 rings (SSSR count). The Labute approximate surface area is 197 Å². The van der Waals surface area contributed by atoms with Gasteiger partial charge in [-0.1, -0.05) is 62.8 Å². The molecule has 2 fully saturated rings. The van der Waals surface area contributed by atoms with Gasteiger partial charge in [-0.05, 0) is 66.5 Å². The summed E-state index contributed by atoms with van der Waals surface area (Å²) < 4.78 is 43.4. The minimum Gasteiger partial charge on any atom is -0.359 e. The van der Waals surface area contributed by atoms with Crippen LogP contribution in [0.4, 0.5) is 4.39 Å². The van der Waals surface area contributed by atoms with Crippen LogP contribution in [-0.2, 0) is 21.2 Å². The van der Waals surface area contributed by atoms with Crippen molar-refractivity contribution < 1.29 is 17.5 Å². The second-order valence-electron chi connectivity index (χ2n) is 9.89. The molecule has 1 saturated heterocycles. The topological polar surface area (TPSA) is 55.4 Å². The Hall–Kier alpha value is -1.76. The van der Waals surface area contributed by atoms with Crippen LogP contribution < -0.4 is 5.32 Å². The maximum absolute atomic E-state index is 13.2. The van der Waals surface area contributed by atoms with Gasteiger partial charge in [0, 0.05) is 12.3 Å². The third-order valence-electron chi connectivity index (χ3n) is 7.47. The summed E-state index contributed by atoms with van der Waals surface area (Å²) in [6.45, 7) is 0.435. The molecule has 0 bridgehead atoms. The summed E-state index contributed by atoms with van der Waals surface area (Å²) in [5, 5.41) is 3.79. The van der Waals surface area contributed by atoms with Crippen molar-refractivity contribution in [2.75, 3.05) is 6.26 Å². The van der Waals surface area contributed by atoms with Crippen LogP contribution >= 0.6 is 0 Å². The molecule has 180 valence electrons. The smallest absolute Gasteiger partial charge is 0.175 e. The summed E-state index contributed by atoms with van der Waals surface area (Å²) in [5.74, 6) is -0.241. The lowest BCUT2D eigenvalue weighted by Crippen LogP contribution is -2.49. The van der Waals surface area contributed by atoms with Crippen LogP contribution in [0, 0.1) is 11.2 Å². The van der Waals surface area contributed by atoms with Gasteiger partial charge in [0.15, 0.2) is 9.84 Å². The SMILES string of the molecule is CS(=O)(=O)c1ccc(C2NC(OCc3ccc(F)cc3)CCC23CCCCCCCC3)cc1. The number of ether oxygens (including phenoxy) is 1. The second kappa shape index (κ2) is 10.7. The molecule has 4 nitrogen and oxygen atoms in total. The Morgan fingerprint density at radius 3 is 2.12 bits per heavy atom. The highest BCUT2D eigenvalue weighted by atomic mass is 32.2. The Kier molecular flexibility index (Phi) is 7.87. The third kappa shape index (κ3) is 6.23. The molecule has 2 unspecified atom stereocenters. The van der Waals surface area contributed by atoms with E-state index in [9.17, 15) is 12.8 Å². The molecule has 0 radical (unpaired) electrons. The average molecular weight is 474 g/mol. The highest BCUT2D eigenvalue weighted by Gasteiger charge is 2.43. The van der Waals surface area contributed by atoms with Gasteiger partial charge in [-0.15, -0.1) is 0 Å². The highest BCUT2D eigenvalue weighted by Crippen LogP contribution is 2.50. The molecular formula is C27H36FNO3S. The van der Waals surface area contributed by atoms with Gasteiger partial charge in [0.25, 0.3) is 0 Å². The van der Waals surface area contributed by atoms with E-state index < -0.39 is 9.84 Å². The summed E-state index contributed by atoms with van der Waals surface area (Å²) in [4.78, 5) is 0.356. The van der Waals surface area contributed by atoms with E-state index in [1.165, 1.54) is 69.8 Å². The molecule has 1 N–H and O–H groups in total. The molecule has 0 aromatic heterocycles. The average Bonchev–Trinajstić information content (AvgIpc) is 2.92. The summed E-state index contributed by atoms with van der Waals surface area (Å²) in [6, 6.07) is 14.0. The van der Waals surface area contributed by atoms with Gasteiger partial charge in [-0.3, -0.25) is 5.32 Å².